The minimum absolute atomic E-state index is 0.157. The standard InChI is InChI=1S/C21H34FN5O/c1-3-23-21(25-16-18-6-5-13-28-18)24-15-17-7-8-20(19(22)14-17)27-11-9-26(4-2)10-12-27/h7-8,14,18H,3-6,9-13,15-16H2,1-2H3,(H2,23,24,25). The number of likely N-dealkylation sites (N-methyl/N-ethyl adjacent to an activating group) is 1. The molecule has 0 spiro atoms. The van der Waals surface area contributed by atoms with Gasteiger partial charge in [-0.05, 0) is 44.0 Å². The van der Waals surface area contributed by atoms with Gasteiger partial charge in [0.25, 0.3) is 0 Å². The van der Waals surface area contributed by atoms with Gasteiger partial charge in [0, 0.05) is 45.9 Å². The Morgan fingerprint density at radius 1 is 1.21 bits per heavy atom. The molecular formula is C21H34FN5O. The summed E-state index contributed by atoms with van der Waals surface area (Å²) in [5.74, 6) is 0.591. The molecule has 0 amide bonds. The van der Waals surface area contributed by atoms with Gasteiger partial charge < -0.3 is 25.2 Å². The number of ether oxygens (including phenoxy) is 1. The highest BCUT2D eigenvalue weighted by atomic mass is 19.1. The number of benzene rings is 1. The van der Waals surface area contributed by atoms with Crippen LogP contribution in [0.25, 0.3) is 0 Å². The highest BCUT2D eigenvalue weighted by molar-refractivity contribution is 5.79. The summed E-state index contributed by atoms with van der Waals surface area (Å²) in [6.45, 7) is 11.8. The first-order valence-electron chi connectivity index (χ1n) is 10.6. The van der Waals surface area contributed by atoms with E-state index in [9.17, 15) is 4.39 Å². The number of piperazine rings is 1. The molecule has 0 aromatic heterocycles. The van der Waals surface area contributed by atoms with Crippen LogP contribution in [0.15, 0.2) is 23.2 Å². The summed E-state index contributed by atoms with van der Waals surface area (Å²) < 4.78 is 20.3. The van der Waals surface area contributed by atoms with Crippen LogP contribution < -0.4 is 15.5 Å². The Morgan fingerprint density at radius 3 is 2.68 bits per heavy atom. The van der Waals surface area contributed by atoms with E-state index >= 15 is 0 Å². The van der Waals surface area contributed by atoms with Gasteiger partial charge in [-0.25, -0.2) is 9.38 Å². The fourth-order valence-corrected chi connectivity index (χ4v) is 3.74. The van der Waals surface area contributed by atoms with Crippen molar-refractivity contribution < 1.29 is 9.13 Å². The van der Waals surface area contributed by atoms with Crippen LogP contribution in [-0.4, -0.2) is 69.4 Å². The summed E-state index contributed by atoms with van der Waals surface area (Å²) in [6, 6.07) is 5.50. The average molecular weight is 392 g/mol. The molecule has 0 saturated carbocycles. The molecule has 2 aliphatic rings. The summed E-state index contributed by atoms with van der Waals surface area (Å²) in [4.78, 5) is 9.13. The van der Waals surface area contributed by atoms with Crippen molar-refractivity contribution in [2.24, 2.45) is 4.99 Å². The zero-order valence-electron chi connectivity index (χ0n) is 17.2. The van der Waals surface area contributed by atoms with E-state index in [0.717, 1.165) is 76.8 Å². The number of aliphatic imine (C=N–C) groups is 1. The molecule has 2 heterocycles. The summed E-state index contributed by atoms with van der Waals surface area (Å²) in [5.41, 5.74) is 1.58. The summed E-state index contributed by atoms with van der Waals surface area (Å²) >= 11 is 0. The van der Waals surface area contributed by atoms with Crippen LogP contribution in [0.5, 0.6) is 0 Å². The van der Waals surface area contributed by atoms with Gasteiger partial charge in [-0.15, -0.1) is 0 Å². The molecule has 2 aliphatic heterocycles. The normalized spacial score (nSPS) is 21.2. The van der Waals surface area contributed by atoms with Gasteiger partial charge in [-0.2, -0.15) is 0 Å². The Balaban J connectivity index is 1.56. The van der Waals surface area contributed by atoms with Gasteiger partial charge in [0.2, 0.25) is 0 Å². The average Bonchev–Trinajstić information content (AvgIpc) is 3.24. The van der Waals surface area contributed by atoms with Gasteiger partial charge >= 0.3 is 0 Å². The molecule has 2 fully saturated rings. The van der Waals surface area contributed by atoms with Crippen molar-refractivity contribution in [1.82, 2.24) is 15.5 Å². The van der Waals surface area contributed by atoms with E-state index in [4.69, 9.17) is 4.74 Å². The number of anilines is 1. The van der Waals surface area contributed by atoms with Gasteiger partial charge in [-0.1, -0.05) is 13.0 Å². The molecule has 7 heteroatoms. The van der Waals surface area contributed by atoms with Crippen LogP contribution in [0.2, 0.25) is 0 Å². The molecule has 3 rings (SSSR count). The number of rotatable bonds is 7. The highest BCUT2D eigenvalue weighted by Crippen LogP contribution is 2.22. The van der Waals surface area contributed by atoms with E-state index in [1.807, 2.05) is 19.1 Å². The monoisotopic (exact) mass is 391 g/mol. The van der Waals surface area contributed by atoms with Gasteiger partial charge in [-0.3, -0.25) is 0 Å². The largest absolute Gasteiger partial charge is 0.376 e. The van der Waals surface area contributed by atoms with Crippen molar-refractivity contribution in [3.8, 4) is 0 Å². The fourth-order valence-electron chi connectivity index (χ4n) is 3.74. The van der Waals surface area contributed by atoms with E-state index in [0.29, 0.717) is 12.2 Å². The molecule has 2 N–H and O–H groups in total. The summed E-state index contributed by atoms with van der Waals surface area (Å²) in [7, 11) is 0. The van der Waals surface area contributed by atoms with Crippen molar-refractivity contribution in [1.29, 1.82) is 0 Å². The molecule has 1 atom stereocenters. The van der Waals surface area contributed by atoms with Crippen LogP contribution in [0, 0.1) is 5.82 Å². The maximum atomic E-state index is 14.7. The summed E-state index contributed by atoms with van der Waals surface area (Å²) in [5, 5.41) is 6.57. The first-order valence-corrected chi connectivity index (χ1v) is 10.6. The molecule has 0 bridgehead atoms. The van der Waals surface area contributed by atoms with Crippen molar-refractivity contribution in [2.75, 3.05) is 57.3 Å². The number of hydrogen-bond donors (Lipinski definition) is 2. The number of hydrogen-bond acceptors (Lipinski definition) is 4. The van der Waals surface area contributed by atoms with Crippen LogP contribution in [0.1, 0.15) is 32.3 Å². The first-order chi connectivity index (χ1) is 13.7. The molecule has 1 aromatic carbocycles. The SMILES string of the molecule is CCNC(=NCc1ccc(N2CCN(CC)CC2)c(F)c1)NCC1CCCO1. The topological polar surface area (TPSA) is 52.1 Å². The zero-order chi connectivity index (χ0) is 19.8. The molecule has 156 valence electrons. The fraction of sp³-hybridized carbons (Fsp3) is 0.667. The lowest BCUT2D eigenvalue weighted by Gasteiger charge is -2.35. The van der Waals surface area contributed by atoms with Crippen molar-refractivity contribution >= 4 is 11.6 Å². The van der Waals surface area contributed by atoms with Crippen molar-refractivity contribution in [2.45, 2.75) is 39.3 Å². The molecule has 0 aliphatic carbocycles. The van der Waals surface area contributed by atoms with Crippen molar-refractivity contribution in [3.05, 3.63) is 29.6 Å². The number of nitrogens with one attached hydrogen (secondary N) is 2. The highest BCUT2D eigenvalue weighted by Gasteiger charge is 2.19. The summed E-state index contributed by atoms with van der Waals surface area (Å²) in [6.07, 6.45) is 2.47. The number of nitrogens with zero attached hydrogens (tertiary/aromatic N) is 3. The van der Waals surface area contributed by atoms with E-state index in [1.54, 1.807) is 6.07 Å². The second kappa shape index (κ2) is 10.6. The Hall–Kier alpha value is -1.86. The predicted molar refractivity (Wildman–Crippen MR) is 113 cm³/mol. The number of guanidine groups is 1. The Bertz CT molecular complexity index is 640. The van der Waals surface area contributed by atoms with Gasteiger partial charge in [0.1, 0.15) is 5.82 Å². The van der Waals surface area contributed by atoms with Crippen LogP contribution in [0.4, 0.5) is 10.1 Å². The maximum absolute atomic E-state index is 14.7. The van der Waals surface area contributed by atoms with Crippen molar-refractivity contribution in [3.63, 3.8) is 0 Å². The third-order valence-corrected chi connectivity index (χ3v) is 5.46. The lowest BCUT2D eigenvalue weighted by molar-refractivity contribution is 0.114. The van der Waals surface area contributed by atoms with E-state index in [2.05, 4.69) is 32.3 Å². The van der Waals surface area contributed by atoms with Crippen LogP contribution in [0.3, 0.4) is 0 Å². The number of halogens is 1. The molecule has 6 nitrogen and oxygen atoms in total. The maximum Gasteiger partial charge on any atom is 0.191 e. The third kappa shape index (κ3) is 5.82. The lowest BCUT2D eigenvalue weighted by atomic mass is 10.1. The van der Waals surface area contributed by atoms with Crippen LogP contribution >= 0.6 is 0 Å². The zero-order valence-corrected chi connectivity index (χ0v) is 17.2. The minimum atomic E-state index is -0.157. The Kier molecular flexibility index (Phi) is 7.91. The Morgan fingerprint density at radius 2 is 2.04 bits per heavy atom. The van der Waals surface area contributed by atoms with Gasteiger partial charge in [0.05, 0.1) is 18.3 Å². The predicted octanol–water partition coefficient (Wildman–Crippen LogP) is 2.20. The second-order valence-electron chi connectivity index (χ2n) is 7.42. The second-order valence-corrected chi connectivity index (χ2v) is 7.42. The quantitative estimate of drug-likeness (QED) is 0.551. The minimum Gasteiger partial charge on any atom is -0.376 e. The molecular weight excluding hydrogens is 357 g/mol. The van der Waals surface area contributed by atoms with Gasteiger partial charge in [0.15, 0.2) is 5.96 Å². The third-order valence-electron chi connectivity index (χ3n) is 5.46. The molecule has 2 saturated heterocycles. The molecule has 28 heavy (non-hydrogen) atoms. The first kappa shape index (κ1) is 20.9. The Labute approximate surface area is 168 Å². The van der Waals surface area contributed by atoms with E-state index in [-0.39, 0.29) is 11.9 Å². The van der Waals surface area contributed by atoms with E-state index < -0.39 is 0 Å². The molecule has 1 aromatic rings. The lowest BCUT2D eigenvalue weighted by Crippen LogP contribution is -2.46. The van der Waals surface area contributed by atoms with Crippen LogP contribution in [-0.2, 0) is 11.3 Å². The van der Waals surface area contributed by atoms with E-state index in [1.165, 1.54) is 0 Å². The smallest absolute Gasteiger partial charge is 0.191 e. The molecule has 0 radical (unpaired) electrons. The molecule has 1 unspecified atom stereocenters.